The van der Waals surface area contributed by atoms with E-state index in [9.17, 15) is 19.2 Å². The Labute approximate surface area is 226 Å². The molecular formula is C31H30N2O6. The van der Waals surface area contributed by atoms with Gasteiger partial charge in [-0.05, 0) is 46.2 Å². The van der Waals surface area contributed by atoms with Gasteiger partial charge in [-0.25, -0.2) is 9.59 Å². The van der Waals surface area contributed by atoms with Crippen LogP contribution in [0.25, 0.3) is 11.1 Å². The molecule has 0 fully saturated rings. The highest BCUT2D eigenvalue weighted by molar-refractivity contribution is 6.20. The second-order valence-corrected chi connectivity index (χ2v) is 11.0. The summed E-state index contributed by atoms with van der Waals surface area (Å²) in [6, 6.07) is 21.8. The summed E-state index contributed by atoms with van der Waals surface area (Å²) >= 11 is 0. The minimum atomic E-state index is -0.808. The van der Waals surface area contributed by atoms with Gasteiger partial charge in [-0.15, -0.1) is 0 Å². The lowest BCUT2D eigenvalue weighted by Crippen LogP contribution is -2.41. The van der Waals surface area contributed by atoms with Crippen LogP contribution < -0.4 is 5.32 Å². The van der Waals surface area contributed by atoms with E-state index in [1.54, 1.807) is 12.1 Å². The number of amides is 3. The number of nitrogens with one attached hydrogen (secondary N) is 1. The van der Waals surface area contributed by atoms with E-state index in [1.807, 2.05) is 57.2 Å². The van der Waals surface area contributed by atoms with Crippen molar-refractivity contribution in [3.05, 3.63) is 95.1 Å². The predicted octanol–water partition coefficient (Wildman–Crippen LogP) is 5.47. The van der Waals surface area contributed by atoms with Crippen molar-refractivity contribution in [3.8, 4) is 11.1 Å². The van der Waals surface area contributed by atoms with Gasteiger partial charge in [-0.1, -0.05) is 86.5 Å². The van der Waals surface area contributed by atoms with Gasteiger partial charge < -0.3 is 14.9 Å². The maximum atomic E-state index is 12.9. The first-order valence-electron chi connectivity index (χ1n) is 12.9. The maximum Gasteiger partial charge on any atom is 0.407 e. The average molecular weight is 527 g/mol. The summed E-state index contributed by atoms with van der Waals surface area (Å²) < 4.78 is 5.66. The lowest BCUT2D eigenvalue weighted by atomic mass is 9.87. The van der Waals surface area contributed by atoms with E-state index in [0.29, 0.717) is 11.5 Å². The molecule has 1 atom stereocenters. The lowest BCUT2D eigenvalue weighted by Gasteiger charge is -2.26. The highest BCUT2D eigenvalue weighted by atomic mass is 16.7. The van der Waals surface area contributed by atoms with E-state index in [2.05, 4.69) is 17.4 Å². The molecular weight excluding hydrogens is 496 g/mol. The maximum absolute atomic E-state index is 12.9. The fraction of sp³-hybridized carbons (Fsp3) is 0.290. The largest absolute Gasteiger partial charge is 0.449 e. The van der Waals surface area contributed by atoms with Gasteiger partial charge in [0.15, 0.2) is 0 Å². The van der Waals surface area contributed by atoms with Crippen molar-refractivity contribution in [2.75, 3.05) is 6.61 Å². The Morgan fingerprint density at radius 1 is 0.821 bits per heavy atom. The lowest BCUT2D eigenvalue weighted by molar-refractivity contribution is -0.169. The number of hydrogen-bond donors (Lipinski definition) is 1. The summed E-state index contributed by atoms with van der Waals surface area (Å²) in [5.41, 5.74) is 4.57. The Hall–Kier alpha value is -4.46. The number of ether oxygens (including phenoxy) is 1. The zero-order valence-corrected chi connectivity index (χ0v) is 22.1. The molecule has 0 saturated heterocycles. The van der Waals surface area contributed by atoms with E-state index < -0.39 is 29.9 Å². The molecule has 1 aliphatic carbocycles. The Kier molecular flexibility index (Phi) is 6.95. The molecule has 3 aromatic rings. The van der Waals surface area contributed by atoms with Gasteiger partial charge in [0.2, 0.25) is 0 Å². The van der Waals surface area contributed by atoms with Gasteiger partial charge in [0.25, 0.3) is 11.8 Å². The quantitative estimate of drug-likeness (QED) is 0.410. The summed E-state index contributed by atoms with van der Waals surface area (Å²) in [5.74, 6) is -2.29. The van der Waals surface area contributed by atoms with E-state index in [0.717, 1.165) is 22.3 Å². The molecule has 3 amide bonds. The summed E-state index contributed by atoms with van der Waals surface area (Å²) in [4.78, 5) is 56.0. The van der Waals surface area contributed by atoms with Gasteiger partial charge in [0.05, 0.1) is 17.5 Å². The van der Waals surface area contributed by atoms with Crippen molar-refractivity contribution in [2.24, 2.45) is 5.41 Å². The van der Waals surface area contributed by atoms with E-state index in [4.69, 9.17) is 9.57 Å². The third-order valence-electron chi connectivity index (χ3n) is 6.89. The molecule has 1 aliphatic heterocycles. The standard InChI is InChI=1S/C31H30N2O6/c1-31(2,3)17-19(16-27(34)39-33-28(35)24-14-8-9-15-25(24)29(33)36)32-30(37)38-18-26-22-12-6-4-10-20(22)21-11-5-7-13-23(21)26/h4-15,19,26H,16-18H2,1-3H3,(H,32,37). The monoisotopic (exact) mass is 526 g/mol. The number of hydrogen-bond acceptors (Lipinski definition) is 6. The Bertz CT molecular complexity index is 1380. The molecule has 8 heteroatoms. The van der Waals surface area contributed by atoms with Crippen LogP contribution in [0.4, 0.5) is 4.79 Å². The van der Waals surface area contributed by atoms with Crippen LogP contribution in [0.1, 0.15) is 71.4 Å². The van der Waals surface area contributed by atoms with Crippen LogP contribution in [0.5, 0.6) is 0 Å². The molecule has 0 aromatic heterocycles. The zero-order chi connectivity index (χ0) is 27.7. The Balaban J connectivity index is 1.23. The van der Waals surface area contributed by atoms with Crippen LogP contribution in [-0.4, -0.2) is 41.6 Å². The van der Waals surface area contributed by atoms with Crippen molar-refractivity contribution in [2.45, 2.75) is 45.6 Å². The van der Waals surface area contributed by atoms with E-state index >= 15 is 0 Å². The van der Waals surface area contributed by atoms with Gasteiger partial charge in [-0.3, -0.25) is 9.59 Å². The Morgan fingerprint density at radius 3 is 1.82 bits per heavy atom. The minimum absolute atomic E-state index is 0.0944. The summed E-state index contributed by atoms with van der Waals surface area (Å²) in [6.07, 6.45) is -0.455. The van der Waals surface area contributed by atoms with Gasteiger partial charge >= 0.3 is 12.1 Å². The number of hydroxylamine groups is 2. The molecule has 200 valence electrons. The molecule has 0 bridgehead atoms. The number of fused-ring (bicyclic) bond motifs is 4. The zero-order valence-electron chi connectivity index (χ0n) is 22.1. The van der Waals surface area contributed by atoms with E-state index in [-0.39, 0.29) is 35.5 Å². The smallest absolute Gasteiger partial charge is 0.407 e. The molecule has 1 N–H and O–H groups in total. The summed E-state index contributed by atoms with van der Waals surface area (Å²) in [6.45, 7) is 6.08. The molecule has 1 heterocycles. The van der Waals surface area contributed by atoms with Gasteiger partial charge in [0, 0.05) is 12.0 Å². The fourth-order valence-corrected chi connectivity index (χ4v) is 5.31. The summed E-state index contributed by atoms with van der Waals surface area (Å²) in [5, 5.41) is 3.27. The first-order valence-corrected chi connectivity index (χ1v) is 12.9. The third-order valence-corrected chi connectivity index (χ3v) is 6.89. The molecule has 0 spiro atoms. The second-order valence-electron chi connectivity index (χ2n) is 11.0. The molecule has 0 radical (unpaired) electrons. The first-order chi connectivity index (χ1) is 18.6. The van der Waals surface area contributed by atoms with Crippen molar-refractivity contribution in [1.82, 2.24) is 10.4 Å². The number of nitrogens with zero attached hydrogens (tertiary/aromatic N) is 1. The highest BCUT2D eigenvalue weighted by Crippen LogP contribution is 2.44. The van der Waals surface area contributed by atoms with Crippen LogP contribution in [-0.2, 0) is 14.4 Å². The number of carbonyl (C=O) groups is 4. The molecule has 3 aromatic carbocycles. The molecule has 2 aliphatic rings. The predicted molar refractivity (Wildman–Crippen MR) is 144 cm³/mol. The van der Waals surface area contributed by atoms with Crippen molar-refractivity contribution < 1.29 is 28.8 Å². The van der Waals surface area contributed by atoms with Crippen molar-refractivity contribution >= 4 is 23.9 Å². The SMILES string of the molecule is CC(C)(C)CC(CC(=O)ON1C(=O)c2ccccc2C1=O)NC(=O)OCC1c2ccccc2-c2ccccc21. The van der Waals surface area contributed by atoms with E-state index in [1.165, 1.54) is 12.1 Å². The second kappa shape index (κ2) is 10.4. The topological polar surface area (TPSA) is 102 Å². The minimum Gasteiger partial charge on any atom is -0.449 e. The molecule has 1 unspecified atom stereocenters. The normalized spacial score (nSPS) is 14.9. The highest BCUT2D eigenvalue weighted by Gasteiger charge is 2.39. The number of benzene rings is 3. The average Bonchev–Trinajstić information content (AvgIpc) is 3.34. The van der Waals surface area contributed by atoms with Crippen LogP contribution in [0, 0.1) is 5.41 Å². The first kappa shape index (κ1) is 26.2. The van der Waals surface area contributed by atoms with Crippen molar-refractivity contribution in [3.63, 3.8) is 0 Å². The van der Waals surface area contributed by atoms with Crippen LogP contribution in [0.2, 0.25) is 0 Å². The summed E-state index contributed by atoms with van der Waals surface area (Å²) in [7, 11) is 0. The van der Waals surface area contributed by atoms with Gasteiger partial charge in [0.1, 0.15) is 6.61 Å². The van der Waals surface area contributed by atoms with Crippen LogP contribution >= 0.6 is 0 Å². The van der Waals surface area contributed by atoms with Crippen LogP contribution in [0.15, 0.2) is 72.8 Å². The number of rotatable bonds is 7. The molecule has 5 rings (SSSR count). The van der Waals surface area contributed by atoms with Crippen molar-refractivity contribution in [1.29, 1.82) is 0 Å². The number of imide groups is 1. The molecule has 8 nitrogen and oxygen atoms in total. The molecule has 0 saturated carbocycles. The molecule has 39 heavy (non-hydrogen) atoms. The number of carbonyl (C=O) groups excluding carboxylic acids is 4. The Morgan fingerprint density at radius 2 is 1.31 bits per heavy atom. The fourth-order valence-electron chi connectivity index (χ4n) is 5.31. The number of alkyl carbamates (subject to hydrolysis) is 1. The van der Waals surface area contributed by atoms with Gasteiger partial charge in [-0.2, -0.15) is 0 Å². The van der Waals surface area contributed by atoms with Crippen LogP contribution in [0.3, 0.4) is 0 Å². The third kappa shape index (κ3) is 5.41.